The Hall–Kier alpha value is -1.96. The third kappa shape index (κ3) is 4.06. The smallest absolute Gasteiger partial charge is 0.130 e. The van der Waals surface area contributed by atoms with Crippen LogP contribution in [0.25, 0.3) is 11.6 Å². The molecule has 0 aromatic heterocycles. The van der Waals surface area contributed by atoms with E-state index in [1.165, 1.54) is 51.0 Å². The molecule has 0 aliphatic heterocycles. The molecule has 0 heterocycles. The first-order valence-electron chi connectivity index (χ1n) is 10.9. The number of halogens is 2. The van der Waals surface area contributed by atoms with Gasteiger partial charge >= 0.3 is 0 Å². The topological polar surface area (TPSA) is 0 Å². The molecule has 1 fully saturated rings. The van der Waals surface area contributed by atoms with Gasteiger partial charge in [0.1, 0.15) is 11.6 Å². The SMILES string of the molecule is CCCCC1CCC(c2ccc(C3=Cc4cccc(F)c4CC3)c(F)c2)CC1. The van der Waals surface area contributed by atoms with Crippen molar-refractivity contribution in [1.82, 2.24) is 0 Å². The van der Waals surface area contributed by atoms with Gasteiger partial charge in [0, 0.05) is 5.56 Å². The summed E-state index contributed by atoms with van der Waals surface area (Å²) >= 11 is 0. The Kier molecular flexibility index (Phi) is 5.94. The van der Waals surface area contributed by atoms with Gasteiger partial charge in [-0.3, -0.25) is 0 Å². The minimum absolute atomic E-state index is 0.128. The van der Waals surface area contributed by atoms with E-state index in [-0.39, 0.29) is 11.6 Å². The summed E-state index contributed by atoms with van der Waals surface area (Å²) in [5.74, 6) is 1.08. The monoisotopic (exact) mass is 380 g/mol. The average molecular weight is 381 g/mol. The van der Waals surface area contributed by atoms with E-state index in [0.29, 0.717) is 24.3 Å². The molecule has 1 saturated carbocycles. The highest BCUT2D eigenvalue weighted by molar-refractivity contribution is 5.84. The summed E-state index contributed by atoms with van der Waals surface area (Å²) < 4.78 is 28.9. The minimum atomic E-state index is -0.154. The number of fused-ring (bicyclic) bond motifs is 1. The van der Waals surface area contributed by atoms with Crippen molar-refractivity contribution >= 4 is 11.6 Å². The molecule has 0 atom stereocenters. The fourth-order valence-corrected chi connectivity index (χ4v) is 5.03. The van der Waals surface area contributed by atoms with E-state index in [1.807, 2.05) is 18.2 Å². The summed E-state index contributed by atoms with van der Waals surface area (Å²) in [6, 6.07) is 11.0. The zero-order valence-electron chi connectivity index (χ0n) is 16.8. The number of allylic oxidation sites excluding steroid dienone is 1. The molecule has 28 heavy (non-hydrogen) atoms. The summed E-state index contributed by atoms with van der Waals surface area (Å²) in [7, 11) is 0. The number of hydrogen-bond acceptors (Lipinski definition) is 0. The fourth-order valence-electron chi connectivity index (χ4n) is 5.03. The van der Waals surface area contributed by atoms with E-state index in [1.54, 1.807) is 12.1 Å². The molecule has 2 aliphatic rings. The third-order valence-corrected chi connectivity index (χ3v) is 6.75. The van der Waals surface area contributed by atoms with Gasteiger partial charge in [-0.1, -0.05) is 56.5 Å². The van der Waals surface area contributed by atoms with Crippen LogP contribution in [0.15, 0.2) is 36.4 Å². The van der Waals surface area contributed by atoms with Crippen molar-refractivity contribution in [3.63, 3.8) is 0 Å². The molecule has 0 N–H and O–H groups in total. The highest BCUT2D eigenvalue weighted by Crippen LogP contribution is 2.39. The molecule has 2 aliphatic carbocycles. The zero-order chi connectivity index (χ0) is 19.5. The van der Waals surface area contributed by atoms with Crippen LogP contribution in [0.1, 0.15) is 86.5 Å². The van der Waals surface area contributed by atoms with Gasteiger partial charge in [-0.25, -0.2) is 8.78 Å². The third-order valence-electron chi connectivity index (χ3n) is 6.75. The van der Waals surface area contributed by atoms with E-state index in [0.717, 1.165) is 28.2 Å². The number of benzene rings is 2. The Morgan fingerprint density at radius 2 is 1.75 bits per heavy atom. The molecule has 0 spiro atoms. The maximum absolute atomic E-state index is 15.0. The van der Waals surface area contributed by atoms with Crippen molar-refractivity contribution < 1.29 is 8.78 Å². The Labute approximate surface area is 167 Å². The number of hydrogen-bond donors (Lipinski definition) is 0. The Morgan fingerprint density at radius 1 is 0.929 bits per heavy atom. The average Bonchev–Trinajstić information content (AvgIpc) is 2.72. The quantitative estimate of drug-likeness (QED) is 0.494. The number of unbranched alkanes of at least 4 members (excludes halogenated alkanes) is 1. The molecular weight excluding hydrogens is 350 g/mol. The Bertz CT molecular complexity index is 857. The van der Waals surface area contributed by atoms with Gasteiger partial charge in [0.15, 0.2) is 0 Å². The van der Waals surface area contributed by atoms with Crippen molar-refractivity contribution in [1.29, 1.82) is 0 Å². The van der Waals surface area contributed by atoms with Gasteiger partial charge in [0.25, 0.3) is 0 Å². The first kappa shape index (κ1) is 19.4. The summed E-state index contributed by atoms with van der Waals surface area (Å²) in [5, 5.41) is 0. The summed E-state index contributed by atoms with van der Waals surface area (Å²) in [6.45, 7) is 2.26. The molecule has 0 amide bonds. The van der Waals surface area contributed by atoms with Crippen LogP contribution in [0.4, 0.5) is 8.78 Å². The fraction of sp³-hybridized carbons (Fsp3) is 0.462. The van der Waals surface area contributed by atoms with Crippen LogP contribution in [0.2, 0.25) is 0 Å². The van der Waals surface area contributed by atoms with E-state index >= 15 is 0 Å². The summed E-state index contributed by atoms with van der Waals surface area (Å²) in [6.07, 6.45) is 12.2. The van der Waals surface area contributed by atoms with Gasteiger partial charge in [0.2, 0.25) is 0 Å². The molecule has 2 heteroatoms. The lowest BCUT2D eigenvalue weighted by molar-refractivity contribution is 0.304. The molecule has 0 saturated heterocycles. The normalized spacial score (nSPS) is 21.9. The van der Waals surface area contributed by atoms with Crippen molar-refractivity contribution in [3.05, 3.63) is 70.3 Å². The standard InChI is InChI=1S/C26H30F2/c1-2-3-5-18-8-10-19(11-9-18)20-12-14-24(26(28)17-20)22-13-15-23-21(16-22)6-4-7-25(23)27/h4,6-7,12,14,16-19H,2-3,5,8-11,13,15H2,1H3. The van der Waals surface area contributed by atoms with Crippen LogP contribution in [-0.4, -0.2) is 0 Å². The van der Waals surface area contributed by atoms with E-state index < -0.39 is 0 Å². The molecule has 0 nitrogen and oxygen atoms in total. The Morgan fingerprint density at radius 3 is 2.50 bits per heavy atom. The van der Waals surface area contributed by atoms with Gasteiger partial charge in [-0.15, -0.1) is 0 Å². The van der Waals surface area contributed by atoms with E-state index in [4.69, 9.17) is 0 Å². The van der Waals surface area contributed by atoms with Crippen molar-refractivity contribution in [3.8, 4) is 0 Å². The molecule has 0 bridgehead atoms. The van der Waals surface area contributed by atoms with Crippen LogP contribution in [-0.2, 0) is 6.42 Å². The van der Waals surface area contributed by atoms with Gasteiger partial charge in [-0.05, 0) is 84.8 Å². The molecule has 2 aromatic rings. The molecule has 148 valence electrons. The molecule has 4 rings (SSSR count). The molecule has 0 radical (unpaired) electrons. The maximum atomic E-state index is 15.0. The molecule has 2 aromatic carbocycles. The van der Waals surface area contributed by atoms with Gasteiger partial charge in [0.05, 0.1) is 0 Å². The van der Waals surface area contributed by atoms with Crippen molar-refractivity contribution in [2.75, 3.05) is 0 Å². The van der Waals surface area contributed by atoms with Crippen LogP contribution < -0.4 is 0 Å². The maximum Gasteiger partial charge on any atom is 0.130 e. The highest BCUT2D eigenvalue weighted by Gasteiger charge is 2.23. The first-order chi connectivity index (χ1) is 13.7. The second-order valence-electron chi connectivity index (χ2n) is 8.58. The van der Waals surface area contributed by atoms with E-state index in [2.05, 4.69) is 13.0 Å². The van der Waals surface area contributed by atoms with Gasteiger partial charge in [-0.2, -0.15) is 0 Å². The van der Waals surface area contributed by atoms with Crippen LogP contribution >= 0.6 is 0 Å². The first-order valence-corrected chi connectivity index (χ1v) is 10.9. The predicted octanol–water partition coefficient (Wildman–Crippen LogP) is 7.92. The van der Waals surface area contributed by atoms with Crippen molar-refractivity contribution in [2.45, 2.75) is 70.6 Å². The van der Waals surface area contributed by atoms with Crippen molar-refractivity contribution in [2.24, 2.45) is 5.92 Å². The Balaban J connectivity index is 1.49. The van der Waals surface area contributed by atoms with Crippen LogP contribution in [0.3, 0.4) is 0 Å². The minimum Gasteiger partial charge on any atom is -0.207 e. The second-order valence-corrected chi connectivity index (χ2v) is 8.58. The zero-order valence-corrected chi connectivity index (χ0v) is 16.8. The predicted molar refractivity (Wildman–Crippen MR) is 113 cm³/mol. The van der Waals surface area contributed by atoms with Gasteiger partial charge < -0.3 is 0 Å². The lowest BCUT2D eigenvalue weighted by atomic mass is 9.76. The summed E-state index contributed by atoms with van der Waals surface area (Å²) in [4.78, 5) is 0. The highest BCUT2D eigenvalue weighted by atomic mass is 19.1. The lowest BCUT2D eigenvalue weighted by Crippen LogP contribution is -2.13. The molecule has 0 unspecified atom stereocenters. The molecular formula is C26H30F2. The lowest BCUT2D eigenvalue weighted by Gasteiger charge is -2.29. The number of rotatable bonds is 5. The van der Waals surface area contributed by atoms with Crippen LogP contribution in [0.5, 0.6) is 0 Å². The largest absolute Gasteiger partial charge is 0.207 e. The second kappa shape index (κ2) is 8.59. The van der Waals surface area contributed by atoms with Crippen LogP contribution in [0, 0.1) is 17.6 Å². The summed E-state index contributed by atoms with van der Waals surface area (Å²) in [5.41, 5.74) is 4.44. The van der Waals surface area contributed by atoms with E-state index in [9.17, 15) is 8.78 Å².